The topological polar surface area (TPSA) is 130 Å². The minimum absolute atomic E-state index is 0.253. The van der Waals surface area contributed by atoms with Crippen molar-refractivity contribution in [3.63, 3.8) is 0 Å². The van der Waals surface area contributed by atoms with Gasteiger partial charge in [0.25, 0.3) is 11.8 Å². The third kappa shape index (κ3) is 5.39. The molecule has 0 aliphatic rings. The maximum absolute atomic E-state index is 13.3. The molecule has 4 heterocycles. The molecule has 0 aliphatic carbocycles. The number of amides is 2. The van der Waals surface area contributed by atoms with E-state index in [2.05, 4.69) is 21.4 Å². The number of carbonyl (C=O) groups excluding carboxylic acids is 2. The van der Waals surface area contributed by atoms with E-state index in [0.717, 1.165) is 16.0 Å². The molecule has 2 aromatic carbocycles. The number of anilines is 2. The van der Waals surface area contributed by atoms with Crippen molar-refractivity contribution in [2.45, 2.75) is 13.0 Å². The van der Waals surface area contributed by atoms with Crippen LogP contribution in [0.5, 0.6) is 0 Å². The van der Waals surface area contributed by atoms with Crippen LogP contribution >= 0.6 is 11.3 Å². The van der Waals surface area contributed by atoms with Gasteiger partial charge in [-0.15, -0.1) is 11.3 Å². The van der Waals surface area contributed by atoms with Crippen molar-refractivity contribution in [2.24, 2.45) is 0 Å². The number of hydrogen-bond acceptors (Lipinski definition) is 8. The predicted molar refractivity (Wildman–Crippen MR) is 159 cm³/mol. The number of carbonyl (C=O) groups is 2. The summed E-state index contributed by atoms with van der Waals surface area (Å²) < 4.78 is 7.31. The van der Waals surface area contributed by atoms with E-state index in [1.54, 1.807) is 49.8 Å². The summed E-state index contributed by atoms with van der Waals surface area (Å²) in [4.78, 5) is 42.2. The number of hydrogen-bond donors (Lipinski definition) is 1. The lowest BCUT2D eigenvalue weighted by Gasteiger charge is -2.17. The Morgan fingerprint density at radius 3 is 2.76 bits per heavy atom. The van der Waals surface area contributed by atoms with Crippen molar-refractivity contribution in [1.82, 2.24) is 19.5 Å². The molecule has 0 saturated heterocycles. The van der Waals surface area contributed by atoms with E-state index in [-0.39, 0.29) is 11.8 Å². The van der Waals surface area contributed by atoms with Crippen LogP contribution in [0.2, 0.25) is 0 Å². The van der Waals surface area contributed by atoms with E-state index >= 15 is 0 Å². The largest absolute Gasteiger partial charge is 0.443 e. The van der Waals surface area contributed by atoms with Crippen LogP contribution < -0.4 is 10.2 Å². The Hall–Kier alpha value is -5.60. The minimum Gasteiger partial charge on any atom is -0.443 e. The molecule has 6 rings (SSSR count). The quantitative estimate of drug-likeness (QED) is 0.244. The van der Waals surface area contributed by atoms with Gasteiger partial charge in [0.1, 0.15) is 0 Å². The van der Waals surface area contributed by atoms with Crippen LogP contribution in [0.4, 0.5) is 11.6 Å². The number of aromatic nitrogens is 4. The fraction of sp³-hybridized carbons (Fsp3) is 0.0968. The second-order valence-electron chi connectivity index (χ2n) is 9.41. The number of oxazole rings is 1. The molecular formula is C31H23N7O3S. The Balaban J connectivity index is 1.31. The third-order valence-electron chi connectivity index (χ3n) is 6.74. The van der Waals surface area contributed by atoms with E-state index in [9.17, 15) is 14.9 Å². The molecule has 42 heavy (non-hydrogen) atoms. The highest BCUT2D eigenvalue weighted by molar-refractivity contribution is 7.17. The lowest BCUT2D eigenvalue weighted by Crippen LogP contribution is -2.26. The second-order valence-corrected chi connectivity index (χ2v) is 10.5. The number of thiophene rings is 1. The Bertz CT molecular complexity index is 1940. The fourth-order valence-electron chi connectivity index (χ4n) is 4.56. The van der Waals surface area contributed by atoms with Gasteiger partial charge in [-0.2, -0.15) is 5.26 Å². The van der Waals surface area contributed by atoms with Gasteiger partial charge in [0, 0.05) is 37.2 Å². The first-order valence-corrected chi connectivity index (χ1v) is 13.8. The van der Waals surface area contributed by atoms with E-state index in [4.69, 9.17) is 9.40 Å². The number of fused-ring (bicyclic) bond motifs is 1. The Labute approximate surface area is 244 Å². The number of benzene rings is 2. The molecule has 0 saturated carbocycles. The highest BCUT2D eigenvalue weighted by Gasteiger charge is 2.20. The van der Waals surface area contributed by atoms with Crippen LogP contribution in [0.25, 0.3) is 21.7 Å². The summed E-state index contributed by atoms with van der Waals surface area (Å²) in [5.41, 5.74) is 3.92. The van der Waals surface area contributed by atoms with Crippen LogP contribution in [0, 0.1) is 11.3 Å². The Kier molecular flexibility index (Phi) is 7.28. The van der Waals surface area contributed by atoms with Gasteiger partial charge in [0.2, 0.25) is 5.95 Å². The zero-order valence-corrected chi connectivity index (χ0v) is 23.2. The number of nitriles is 1. The zero-order chi connectivity index (χ0) is 29.1. The summed E-state index contributed by atoms with van der Waals surface area (Å²) in [6, 6.07) is 21.6. The standard InChI is InChI=1S/C31H23N7O3S/c1-37(30(40)22-6-2-4-21(14-22)16-32)23-7-8-25-24(15-23)35-31(38(25)13-11-20-5-3-12-33-17-20)36-29(39)28-10-9-27(42-28)26-18-34-19-41-26/h2-10,12,14-15,17-19H,11,13H2,1H3,(H,35,36,39). The van der Waals surface area contributed by atoms with Crippen LogP contribution in [-0.2, 0) is 13.0 Å². The lowest BCUT2D eigenvalue weighted by atomic mass is 10.1. The van der Waals surface area contributed by atoms with Crippen LogP contribution in [0.1, 0.15) is 31.2 Å². The molecule has 0 aliphatic heterocycles. The lowest BCUT2D eigenvalue weighted by molar-refractivity contribution is 0.0991. The number of imidazole rings is 1. The first-order chi connectivity index (χ1) is 20.5. The van der Waals surface area contributed by atoms with E-state index < -0.39 is 0 Å². The molecule has 4 aromatic heterocycles. The van der Waals surface area contributed by atoms with Gasteiger partial charge in [-0.25, -0.2) is 9.97 Å². The van der Waals surface area contributed by atoms with Gasteiger partial charge in [0.15, 0.2) is 12.2 Å². The van der Waals surface area contributed by atoms with Crippen LogP contribution in [-0.4, -0.2) is 38.4 Å². The summed E-state index contributed by atoms with van der Waals surface area (Å²) in [6.07, 6.45) is 7.17. The van der Waals surface area contributed by atoms with Crippen LogP contribution in [0.15, 0.2) is 96.1 Å². The number of nitrogens with one attached hydrogen (secondary N) is 1. The molecule has 0 bridgehead atoms. The molecule has 0 unspecified atom stereocenters. The molecule has 11 heteroatoms. The molecule has 206 valence electrons. The van der Waals surface area contributed by atoms with E-state index in [1.165, 1.54) is 22.6 Å². The van der Waals surface area contributed by atoms with Crippen molar-refractivity contribution in [2.75, 3.05) is 17.3 Å². The van der Waals surface area contributed by atoms with Crippen molar-refractivity contribution >= 4 is 45.8 Å². The highest BCUT2D eigenvalue weighted by Crippen LogP contribution is 2.30. The highest BCUT2D eigenvalue weighted by atomic mass is 32.1. The molecule has 0 fully saturated rings. The first-order valence-electron chi connectivity index (χ1n) is 13.0. The average Bonchev–Trinajstić information content (AvgIpc) is 3.80. The normalized spacial score (nSPS) is 10.9. The van der Waals surface area contributed by atoms with Crippen molar-refractivity contribution < 1.29 is 14.0 Å². The van der Waals surface area contributed by atoms with Crippen molar-refractivity contribution in [3.05, 3.63) is 113 Å². The Morgan fingerprint density at radius 1 is 1.07 bits per heavy atom. The molecule has 2 amide bonds. The van der Waals surface area contributed by atoms with Crippen molar-refractivity contribution in [1.29, 1.82) is 5.26 Å². The number of aryl methyl sites for hydroxylation is 2. The van der Waals surface area contributed by atoms with Gasteiger partial charge >= 0.3 is 0 Å². The minimum atomic E-state index is -0.298. The van der Waals surface area contributed by atoms with Gasteiger partial charge in [-0.05, 0) is 66.6 Å². The number of rotatable bonds is 8. The molecule has 0 radical (unpaired) electrons. The van der Waals surface area contributed by atoms with E-state index in [1.807, 2.05) is 47.2 Å². The smallest absolute Gasteiger partial charge is 0.268 e. The zero-order valence-electron chi connectivity index (χ0n) is 22.4. The molecule has 0 atom stereocenters. The molecular weight excluding hydrogens is 550 g/mol. The monoisotopic (exact) mass is 573 g/mol. The molecule has 10 nitrogen and oxygen atoms in total. The molecule has 1 N–H and O–H groups in total. The average molecular weight is 574 g/mol. The van der Waals surface area contributed by atoms with Gasteiger partial charge < -0.3 is 13.9 Å². The second kappa shape index (κ2) is 11.5. The summed E-state index contributed by atoms with van der Waals surface area (Å²) >= 11 is 1.30. The fourth-order valence-corrected chi connectivity index (χ4v) is 5.42. The first kappa shape index (κ1) is 26.6. The maximum Gasteiger partial charge on any atom is 0.268 e. The summed E-state index contributed by atoms with van der Waals surface area (Å²) in [5.74, 6) is 0.430. The van der Waals surface area contributed by atoms with Gasteiger partial charge in [0.05, 0.1) is 38.6 Å². The summed E-state index contributed by atoms with van der Waals surface area (Å²) in [6.45, 7) is 0.542. The SMILES string of the molecule is CN(C(=O)c1cccc(C#N)c1)c1ccc2c(c1)nc(NC(=O)c1ccc(-c3cnco3)s1)n2CCc1cccnc1. The summed E-state index contributed by atoms with van der Waals surface area (Å²) in [7, 11) is 1.67. The molecule has 0 spiro atoms. The van der Waals surface area contributed by atoms with Crippen molar-refractivity contribution in [3.8, 4) is 16.7 Å². The Morgan fingerprint density at radius 2 is 1.98 bits per heavy atom. The molecule has 6 aromatic rings. The van der Waals surface area contributed by atoms with Gasteiger partial charge in [-0.1, -0.05) is 12.1 Å². The number of nitrogens with zero attached hydrogens (tertiary/aromatic N) is 6. The third-order valence-corrected chi connectivity index (χ3v) is 7.84. The van der Waals surface area contributed by atoms with E-state index in [0.29, 0.717) is 51.9 Å². The van der Waals surface area contributed by atoms with Gasteiger partial charge in [-0.3, -0.25) is 19.9 Å². The summed E-state index contributed by atoms with van der Waals surface area (Å²) in [5, 5.41) is 12.2. The maximum atomic E-state index is 13.3. The predicted octanol–water partition coefficient (Wildman–Crippen LogP) is 5.79. The number of pyridine rings is 1. The van der Waals surface area contributed by atoms with Crippen LogP contribution in [0.3, 0.4) is 0 Å².